The Balaban J connectivity index is 3.08. The van der Waals surface area contributed by atoms with Gasteiger partial charge in [0.2, 0.25) is 5.88 Å². The lowest BCUT2D eigenvalue weighted by molar-refractivity contribution is 0.321. The van der Waals surface area contributed by atoms with Crippen molar-refractivity contribution in [2.24, 2.45) is 12.2 Å². The number of allylic oxidation sites excluding steroid dienone is 1. The van der Waals surface area contributed by atoms with Gasteiger partial charge in [0.25, 0.3) is 0 Å². The lowest BCUT2D eigenvalue weighted by atomic mass is 10.1. The lowest BCUT2D eigenvalue weighted by Gasteiger charge is -1.99. The van der Waals surface area contributed by atoms with Crippen LogP contribution >= 0.6 is 0 Å². The van der Waals surface area contributed by atoms with Gasteiger partial charge < -0.3 is 9.94 Å². The van der Waals surface area contributed by atoms with Crippen LogP contribution in [0.5, 0.6) is 5.88 Å². The Morgan fingerprint density at radius 1 is 1.67 bits per heavy atom. The monoisotopic (exact) mass is 209 g/mol. The van der Waals surface area contributed by atoms with Gasteiger partial charge in [-0.25, -0.2) is 4.68 Å². The zero-order valence-electron chi connectivity index (χ0n) is 8.97. The third-order valence-corrected chi connectivity index (χ3v) is 2.07. The Morgan fingerprint density at radius 3 is 2.93 bits per heavy atom. The van der Waals surface area contributed by atoms with Gasteiger partial charge in [-0.1, -0.05) is 11.2 Å². The van der Waals surface area contributed by atoms with E-state index in [4.69, 9.17) is 9.94 Å². The molecule has 0 amide bonds. The topological polar surface area (TPSA) is 59.6 Å². The quantitative estimate of drug-likeness (QED) is 0.344. The van der Waals surface area contributed by atoms with E-state index in [-0.39, 0.29) is 0 Å². The lowest BCUT2D eigenvalue weighted by Crippen LogP contribution is -1.96. The smallest absolute Gasteiger partial charge is 0.220 e. The molecule has 1 aromatic rings. The number of hydrogen-bond acceptors (Lipinski definition) is 4. The molecule has 5 nitrogen and oxygen atoms in total. The van der Waals surface area contributed by atoms with Gasteiger partial charge in [-0.05, 0) is 12.8 Å². The molecule has 0 unspecified atom stereocenters. The van der Waals surface area contributed by atoms with Crippen LogP contribution in [0.15, 0.2) is 17.8 Å². The van der Waals surface area contributed by atoms with Gasteiger partial charge >= 0.3 is 0 Å². The Kier molecular flexibility index (Phi) is 3.91. The molecule has 1 aromatic heterocycles. The second-order valence-electron chi connectivity index (χ2n) is 3.07. The molecule has 0 aromatic carbocycles. The van der Waals surface area contributed by atoms with E-state index in [1.54, 1.807) is 18.8 Å². The highest BCUT2D eigenvalue weighted by atomic mass is 16.5. The summed E-state index contributed by atoms with van der Waals surface area (Å²) in [4.78, 5) is 0. The SMILES string of the molecule is C=CCCc1nn(C)c(OC)c1/C=N/O. The van der Waals surface area contributed by atoms with Crippen LogP contribution < -0.4 is 4.74 Å². The summed E-state index contributed by atoms with van der Waals surface area (Å²) < 4.78 is 6.78. The number of hydrogen-bond donors (Lipinski definition) is 1. The zero-order valence-corrected chi connectivity index (χ0v) is 8.97. The number of rotatable bonds is 5. The normalized spacial score (nSPS) is 10.8. The van der Waals surface area contributed by atoms with Gasteiger partial charge in [0.15, 0.2) is 0 Å². The minimum absolute atomic E-state index is 0.590. The van der Waals surface area contributed by atoms with Crippen LogP contribution in [0.2, 0.25) is 0 Å². The van der Waals surface area contributed by atoms with E-state index in [0.717, 1.165) is 18.5 Å². The van der Waals surface area contributed by atoms with E-state index < -0.39 is 0 Å². The van der Waals surface area contributed by atoms with Crippen LogP contribution in [0, 0.1) is 0 Å². The van der Waals surface area contributed by atoms with Crippen molar-refractivity contribution in [2.45, 2.75) is 12.8 Å². The van der Waals surface area contributed by atoms with E-state index in [2.05, 4.69) is 16.8 Å². The molecule has 1 heterocycles. The van der Waals surface area contributed by atoms with E-state index in [1.165, 1.54) is 6.21 Å². The minimum Gasteiger partial charge on any atom is -0.481 e. The first-order valence-electron chi connectivity index (χ1n) is 4.62. The molecular formula is C10H15N3O2. The zero-order chi connectivity index (χ0) is 11.3. The molecule has 82 valence electrons. The Labute approximate surface area is 88.7 Å². The van der Waals surface area contributed by atoms with Gasteiger partial charge in [-0.2, -0.15) is 5.10 Å². The van der Waals surface area contributed by atoms with Crippen LogP contribution in [0.4, 0.5) is 0 Å². The molecule has 0 aliphatic rings. The second-order valence-corrected chi connectivity index (χ2v) is 3.07. The summed E-state index contributed by atoms with van der Waals surface area (Å²) in [5, 5.41) is 15.8. The molecule has 0 radical (unpaired) electrons. The van der Waals surface area contributed by atoms with Crippen molar-refractivity contribution in [1.82, 2.24) is 9.78 Å². The fourth-order valence-corrected chi connectivity index (χ4v) is 1.43. The molecular weight excluding hydrogens is 194 g/mol. The van der Waals surface area contributed by atoms with Crippen LogP contribution in [-0.4, -0.2) is 28.3 Å². The molecule has 0 bridgehead atoms. The summed E-state index contributed by atoms with van der Waals surface area (Å²) >= 11 is 0. The van der Waals surface area contributed by atoms with Crippen LogP contribution in [0.1, 0.15) is 17.7 Å². The summed E-state index contributed by atoms with van der Waals surface area (Å²) in [7, 11) is 3.34. The Morgan fingerprint density at radius 2 is 2.40 bits per heavy atom. The van der Waals surface area contributed by atoms with Gasteiger partial charge in [-0.15, -0.1) is 6.58 Å². The van der Waals surface area contributed by atoms with Crippen LogP contribution in [-0.2, 0) is 13.5 Å². The maximum absolute atomic E-state index is 8.56. The Bertz CT molecular complexity index is 369. The van der Waals surface area contributed by atoms with Gasteiger partial charge in [0.1, 0.15) is 0 Å². The van der Waals surface area contributed by atoms with Crippen molar-refractivity contribution < 1.29 is 9.94 Å². The highest BCUT2D eigenvalue weighted by Gasteiger charge is 2.14. The summed E-state index contributed by atoms with van der Waals surface area (Å²) in [6.07, 6.45) is 4.74. The van der Waals surface area contributed by atoms with Crippen molar-refractivity contribution in [2.75, 3.05) is 7.11 Å². The predicted molar refractivity (Wildman–Crippen MR) is 57.7 cm³/mol. The molecule has 0 saturated carbocycles. The average Bonchev–Trinajstić information content (AvgIpc) is 2.52. The van der Waals surface area contributed by atoms with Gasteiger partial charge in [0.05, 0.1) is 24.6 Å². The van der Waals surface area contributed by atoms with Crippen molar-refractivity contribution in [3.8, 4) is 5.88 Å². The molecule has 0 saturated heterocycles. The van der Waals surface area contributed by atoms with Crippen molar-refractivity contribution >= 4 is 6.21 Å². The number of aryl methyl sites for hydroxylation is 2. The van der Waals surface area contributed by atoms with Crippen molar-refractivity contribution in [3.63, 3.8) is 0 Å². The fourth-order valence-electron chi connectivity index (χ4n) is 1.43. The van der Waals surface area contributed by atoms with E-state index in [9.17, 15) is 0 Å². The fraction of sp³-hybridized carbons (Fsp3) is 0.400. The first-order valence-corrected chi connectivity index (χ1v) is 4.62. The first-order chi connectivity index (χ1) is 7.24. The number of methoxy groups -OCH3 is 1. The predicted octanol–water partition coefficient (Wildman–Crippen LogP) is 1.36. The molecule has 0 aliphatic carbocycles. The number of aromatic nitrogens is 2. The van der Waals surface area contributed by atoms with Crippen molar-refractivity contribution in [1.29, 1.82) is 0 Å². The largest absolute Gasteiger partial charge is 0.481 e. The Hall–Kier alpha value is -1.78. The summed E-state index contributed by atoms with van der Waals surface area (Å²) in [5.41, 5.74) is 1.55. The van der Waals surface area contributed by atoms with Crippen molar-refractivity contribution in [3.05, 3.63) is 23.9 Å². The molecule has 0 fully saturated rings. The molecule has 15 heavy (non-hydrogen) atoms. The number of oxime groups is 1. The second kappa shape index (κ2) is 5.19. The molecule has 0 spiro atoms. The van der Waals surface area contributed by atoms with Crippen LogP contribution in [0.25, 0.3) is 0 Å². The summed E-state index contributed by atoms with van der Waals surface area (Å²) in [5.74, 6) is 0.590. The van der Waals surface area contributed by atoms with E-state index in [1.807, 2.05) is 6.08 Å². The molecule has 1 N–H and O–H groups in total. The summed E-state index contributed by atoms with van der Waals surface area (Å²) in [6, 6.07) is 0. The molecule has 0 atom stereocenters. The minimum atomic E-state index is 0.590. The number of ether oxygens (including phenoxy) is 1. The van der Waals surface area contributed by atoms with Gasteiger partial charge in [-0.3, -0.25) is 0 Å². The highest BCUT2D eigenvalue weighted by Crippen LogP contribution is 2.20. The number of nitrogens with zero attached hydrogens (tertiary/aromatic N) is 3. The first kappa shape index (κ1) is 11.3. The molecule has 0 aliphatic heterocycles. The molecule has 5 heteroatoms. The van der Waals surface area contributed by atoms with Gasteiger partial charge in [0, 0.05) is 7.05 Å². The maximum atomic E-state index is 8.56. The summed E-state index contributed by atoms with van der Waals surface area (Å²) in [6.45, 7) is 3.65. The maximum Gasteiger partial charge on any atom is 0.220 e. The van der Waals surface area contributed by atoms with E-state index in [0.29, 0.717) is 11.4 Å². The van der Waals surface area contributed by atoms with E-state index >= 15 is 0 Å². The third kappa shape index (κ3) is 2.37. The third-order valence-electron chi connectivity index (χ3n) is 2.07. The standard InChI is InChI=1S/C10H15N3O2/c1-4-5-6-9-8(7-11-14)10(15-3)13(2)12-9/h4,7,14H,1,5-6H2,2-3H3/b11-7+. The van der Waals surface area contributed by atoms with Crippen LogP contribution in [0.3, 0.4) is 0 Å². The highest BCUT2D eigenvalue weighted by molar-refractivity contribution is 5.84. The molecule has 1 rings (SSSR count). The average molecular weight is 209 g/mol.